The smallest absolute Gasteiger partial charge is 0.228 e. The lowest BCUT2D eigenvalue weighted by Gasteiger charge is -2.29. The van der Waals surface area contributed by atoms with Crippen LogP contribution < -0.4 is 5.32 Å². The molecule has 0 saturated carbocycles. The Bertz CT molecular complexity index is 561. The average Bonchev–Trinajstić information content (AvgIpc) is 2.85. The minimum Gasteiger partial charge on any atom is -0.355 e. The Morgan fingerprint density at radius 1 is 1.38 bits per heavy atom. The SMILES string of the molecule is CC(C)N(Cc1ccc(Cl)c(Cl)c1)C(=O)C1CNC(=O)C1. The van der Waals surface area contributed by atoms with Crippen LogP contribution in [0.15, 0.2) is 18.2 Å². The molecule has 1 aromatic rings. The van der Waals surface area contributed by atoms with Crippen LogP contribution in [0, 0.1) is 5.92 Å². The molecule has 114 valence electrons. The van der Waals surface area contributed by atoms with E-state index in [0.717, 1.165) is 5.56 Å². The van der Waals surface area contributed by atoms with E-state index in [9.17, 15) is 9.59 Å². The van der Waals surface area contributed by atoms with Gasteiger partial charge in [0.25, 0.3) is 0 Å². The second-order valence-electron chi connectivity index (χ2n) is 5.51. The van der Waals surface area contributed by atoms with Crippen molar-refractivity contribution in [2.75, 3.05) is 6.54 Å². The molecule has 4 nitrogen and oxygen atoms in total. The number of nitrogens with one attached hydrogen (secondary N) is 1. The summed E-state index contributed by atoms with van der Waals surface area (Å²) in [4.78, 5) is 25.6. The maximum Gasteiger partial charge on any atom is 0.228 e. The van der Waals surface area contributed by atoms with E-state index in [1.165, 1.54) is 0 Å². The van der Waals surface area contributed by atoms with Crippen LogP contribution >= 0.6 is 23.2 Å². The lowest BCUT2D eigenvalue weighted by molar-refractivity contribution is -0.138. The molecule has 0 radical (unpaired) electrons. The topological polar surface area (TPSA) is 49.4 Å². The lowest BCUT2D eigenvalue weighted by atomic mass is 10.1. The normalized spacial score (nSPS) is 18.0. The molecule has 0 aromatic heterocycles. The molecule has 1 atom stereocenters. The molecule has 1 aliphatic rings. The minimum atomic E-state index is -0.275. The summed E-state index contributed by atoms with van der Waals surface area (Å²) in [6, 6.07) is 5.39. The number of carbonyl (C=O) groups excluding carboxylic acids is 2. The number of carbonyl (C=O) groups is 2. The van der Waals surface area contributed by atoms with Crippen molar-refractivity contribution in [3.05, 3.63) is 33.8 Å². The van der Waals surface area contributed by atoms with Crippen molar-refractivity contribution in [1.82, 2.24) is 10.2 Å². The molecule has 1 aromatic carbocycles. The van der Waals surface area contributed by atoms with Gasteiger partial charge in [-0.1, -0.05) is 29.3 Å². The van der Waals surface area contributed by atoms with Crippen molar-refractivity contribution in [2.24, 2.45) is 5.92 Å². The van der Waals surface area contributed by atoms with E-state index in [2.05, 4.69) is 5.32 Å². The van der Waals surface area contributed by atoms with Crippen LogP contribution in [0.1, 0.15) is 25.8 Å². The molecule has 21 heavy (non-hydrogen) atoms. The number of nitrogens with zero attached hydrogens (tertiary/aromatic N) is 1. The van der Waals surface area contributed by atoms with Crippen LogP contribution in [-0.4, -0.2) is 29.3 Å². The fourth-order valence-electron chi connectivity index (χ4n) is 2.36. The summed E-state index contributed by atoms with van der Waals surface area (Å²) in [6.07, 6.45) is 0.267. The van der Waals surface area contributed by atoms with Gasteiger partial charge in [0.2, 0.25) is 11.8 Å². The van der Waals surface area contributed by atoms with Crippen molar-refractivity contribution in [3.63, 3.8) is 0 Å². The van der Waals surface area contributed by atoms with Gasteiger partial charge in [-0.15, -0.1) is 0 Å². The first-order chi connectivity index (χ1) is 9.88. The quantitative estimate of drug-likeness (QED) is 0.923. The van der Waals surface area contributed by atoms with Gasteiger partial charge in [-0.05, 0) is 31.5 Å². The van der Waals surface area contributed by atoms with E-state index in [-0.39, 0.29) is 30.2 Å². The standard InChI is InChI=1S/C15H18Cl2N2O2/c1-9(2)19(15(21)11-6-14(20)18-7-11)8-10-3-4-12(16)13(17)5-10/h3-5,9,11H,6-8H2,1-2H3,(H,18,20). The summed E-state index contributed by atoms with van der Waals surface area (Å²) in [5.74, 6) is -0.344. The fourth-order valence-corrected chi connectivity index (χ4v) is 2.68. The van der Waals surface area contributed by atoms with Crippen molar-refractivity contribution in [1.29, 1.82) is 0 Å². The molecular formula is C15H18Cl2N2O2. The predicted molar refractivity (Wildman–Crippen MR) is 83.3 cm³/mol. The lowest BCUT2D eigenvalue weighted by Crippen LogP contribution is -2.41. The maximum absolute atomic E-state index is 12.6. The van der Waals surface area contributed by atoms with E-state index in [4.69, 9.17) is 23.2 Å². The molecule has 1 N–H and O–H groups in total. The van der Waals surface area contributed by atoms with Gasteiger partial charge in [-0.25, -0.2) is 0 Å². The summed E-state index contributed by atoms with van der Waals surface area (Å²) in [5, 5.41) is 3.67. The Kier molecular flexibility index (Phi) is 5.12. The molecule has 1 aliphatic heterocycles. The molecule has 1 unspecified atom stereocenters. The first-order valence-electron chi connectivity index (χ1n) is 6.89. The summed E-state index contributed by atoms with van der Waals surface area (Å²) >= 11 is 11.9. The Morgan fingerprint density at radius 3 is 2.62 bits per heavy atom. The highest BCUT2D eigenvalue weighted by atomic mass is 35.5. The third-order valence-corrected chi connectivity index (χ3v) is 4.31. The fraction of sp³-hybridized carbons (Fsp3) is 0.467. The van der Waals surface area contributed by atoms with E-state index < -0.39 is 0 Å². The predicted octanol–water partition coefficient (Wildman–Crippen LogP) is 2.87. The summed E-state index contributed by atoms with van der Waals surface area (Å²) < 4.78 is 0. The van der Waals surface area contributed by atoms with Gasteiger partial charge in [-0.2, -0.15) is 0 Å². The van der Waals surface area contributed by atoms with Crippen molar-refractivity contribution in [3.8, 4) is 0 Å². The van der Waals surface area contributed by atoms with Gasteiger partial charge in [-0.3, -0.25) is 9.59 Å². The molecule has 6 heteroatoms. The highest BCUT2D eigenvalue weighted by Crippen LogP contribution is 2.24. The van der Waals surface area contributed by atoms with Gasteiger partial charge >= 0.3 is 0 Å². The monoisotopic (exact) mass is 328 g/mol. The third-order valence-electron chi connectivity index (χ3n) is 3.57. The molecule has 0 bridgehead atoms. The zero-order valence-electron chi connectivity index (χ0n) is 12.0. The first-order valence-corrected chi connectivity index (χ1v) is 7.65. The molecule has 1 fully saturated rings. The zero-order chi connectivity index (χ0) is 15.6. The third kappa shape index (κ3) is 3.89. The molecule has 1 saturated heterocycles. The second-order valence-corrected chi connectivity index (χ2v) is 6.33. The highest BCUT2D eigenvalue weighted by Gasteiger charge is 2.32. The summed E-state index contributed by atoms with van der Waals surface area (Å²) in [6.45, 7) is 4.79. The highest BCUT2D eigenvalue weighted by molar-refractivity contribution is 6.42. The first kappa shape index (κ1) is 16.1. The van der Waals surface area contributed by atoms with Crippen molar-refractivity contribution >= 4 is 35.0 Å². The maximum atomic E-state index is 12.6. The Labute approximate surface area is 134 Å². The largest absolute Gasteiger partial charge is 0.355 e. The summed E-state index contributed by atoms with van der Waals surface area (Å²) in [5.41, 5.74) is 0.920. The van der Waals surface area contributed by atoms with Crippen molar-refractivity contribution in [2.45, 2.75) is 32.9 Å². The summed E-state index contributed by atoms with van der Waals surface area (Å²) in [7, 11) is 0. The molecular weight excluding hydrogens is 311 g/mol. The Hall–Kier alpha value is -1.26. The van der Waals surface area contributed by atoms with Gasteiger partial charge in [0, 0.05) is 25.6 Å². The minimum absolute atomic E-state index is 0.00516. The molecule has 2 amide bonds. The molecule has 1 heterocycles. The van der Waals surface area contributed by atoms with Gasteiger partial charge in [0.15, 0.2) is 0 Å². The number of hydrogen-bond acceptors (Lipinski definition) is 2. The molecule has 0 aliphatic carbocycles. The van der Waals surface area contributed by atoms with Gasteiger partial charge in [0.1, 0.15) is 0 Å². The number of halogens is 2. The van der Waals surface area contributed by atoms with Crippen LogP contribution in [0.5, 0.6) is 0 Å². The van der Waals surface area contributed by atoms with Crippen LogP contribution in [0.3, 0.4) is 0 Å². The van der Waals surface area contributed by atoms with Crippen LogP contribution in [-0.2, 0) is 16.1 Å². The van der Waals surface area contributed by atoms with E-state index in [0.29, 0.717) is 23.1 Å². The molecule has 0 spiro atoms. The van der Waals surface area contributed by atoms with E-state index in [1.54, 1.807) is 17.0 Å². The number of hydrogen-bond donors (Lipinski definition) is 1. The number of benzene rings is 1. The Balaban J connectivity index is 2.13. The molecule has 2 rings (SSSR count). The number of rotatable bonds is 4. The van der Waals surface area contributed by atoms with Crippen LogP contribution in [0.25, 0.3) is 0 Å². The van der Waals surface area contributed by atoms with E-state index in [1.807, 2.05) is 19.9 Å². The van der Waals surface area contributed by atoms with Crippen LogP contribution in [0.2, 0.25) is 10.0 Å². The van der Waals surface area contributed by atoms with Gasteiger partial charge < -0.3 is 10.2 Å². The zero-order valence-corrected chi connectivity index (χ0v) is 13.5. The van der Waals surface area contributed by atoms with Gasteiger partial charge in [0.05, 0.1) is 16.0 Å². The average molecular weight is 329 g/mol. The number of amides is 2. The van der Waals surface area contributed by atoms with Crippen molar-refractivity contribution < 1.29 is 9.59 Å². The second kappa shape index (κ2) is 6.67. The van der Waals surface area contributed by atoms with Crippen LogP contribution in [0.4, 0.5) is 0 Å². The van der Waals surface area contributed by atoms with E-state index >= 15 is 0 Å². The Morgan fingerprint density at radius 2 is 2.10 bits per heavy atom.